The second-order valence-electron chi connectivity index (χ2n) is 8.35. The van der Waals surface area contributed by atoms with Crippen molar-refractivity contribution in [1.82, 2.24) is 10.4 Å². The maximum Gasteiger partial charge on any atom is 0.268 e. The summed E-state index contributed by atoms with van der Waals surface area (Å²) in [5, 5.41) is 10.3. The van der Waals surface area contributed by atoms with Gasteiger partial charge in [0.1, 0.15) is 24.1 Å². The third-order valence-electron chi connectivity index (χ3n) is 6.03. The van der Waals surface area contributed by atoms with Gasteiger partial charge in [-0.2, -0.15) is 0 Å². The van der Waals surface area contributed by atoms with Gasteiger partial charge in [0.2, 0.25) is 0 Å². The van der Waals surface area contributed by atoms with Crippen molar-refractivity contribution >= 4 is 11.8 Å². The van der Waals surface area contributed by atoms with E-state index in [4.69, 9.17) is 13.6 Å². The van der Waals surface area contributed by atoms with Crippen LogP contribution < -0.4 is 15.0 Å². The molecule has 2 amide bonds. The van der Waals surface area contributed by atoms with Crippen LogP contribution in [0.2, 0.25) is 0 Å². The molecule has 1 aliphatic rings. The quantitative estimate of drug-likeness (QED) is 0.446. The molecule has 0 bridgehead atoms. The van der Waals surface area contributed by atoms with E-state index in [1.54, 1.807) is 54.0 Å². The molecule has 1 heterocycles. The summed E-state index contributed by atoms with van der Waals surface area (Å²) < 4.78 is 59.4. The number of amides is 2. The van der Waals surface area contributed by atoms with Crippen LogP contribution in [0.3, 0.4) is 0 Å². The van der Waals surface area contributed by atoms with Gasteiger partial charge in [0.15, 0.2) is 11.6 Å². The number of aliphatic hydroxyl groups is 1. The second kappa shape index (κ2) is 11.4. The van der Waals surface area contributed by atoms with Crippen LogP contribution in [0.1, 0.15) is 26.5 Å². The van der Waals surface area contributed by atoms with Crippen LogP contribution in [0.5, 0.6) is 11.5 Å². The Morgan fingerprint density at radius 2 is 1.89 bits per heavy atom. The highest BCUT2D eigenvalue weighted by atomic mass is 19.2. The predicted molar refractivity (Wildman–Crippen MR) is 130 cm³/mol. The highest BCUT2D eigenvalue weighted by molar-refractivity contribution is 5.98. The molecule has 10 heteroatoms. The molecule has 1 aliphatic heterocycles. The Morgan fingerprint density at radius 1 is 1.14 bits per heavy atom. The Bertz CT molecular complexity index is 1390. The normalized spacial score (nSPS) is 18.5. The third-order valence-corrected chi connectivity index (χ3v) is 6.03. The lowest BCUT2D eigenvalue weighted by Crippen LogP contribution is -2.49. The molecule has 2 atom stereocenters. The van der Waals surface area contributed by atoms with Crippen LogP contribution in [-0.2, 0) is 16.2 Å². The van der Waals surface area contributed by atoms with Crippen LogP contribution >= 0.6 is 0 Å². The summed E-state index contributed by atoms with van der Waals surface area (Å²) in [5.41, 5.74) is 3.64. The van der Waals surface area contributed by atoms with Gasteiger partial charge in [-0.3, -0.25) is 14.4 Å². The molecule has 3 aromatic carbocycles. The number of benzene rings is 3. The Kier molecular flexibility index (Phi) is 6.82. The summed E-state index contributed by atoms with van der Waals surface area (Å²) in [5.74, 6) is -2.82. The Morgan fingerprint density at radius 3 is 2.62 bits per heavy atom. The molecule has 0 radical (unpaired) electrons. The number of carbonyl (C=O) groups is 2. The Balaban J connectivity index is 1.42. The van der Waals surface area contributed by atoms with Gasteiger partial charge < -0.3 is 19.5 Å². The molecule has 194 valence electrons. The summed E-state index contributed by atoms with van der Waals surface area (Å²) in [7, 11) is -1.52. The van der Waals surface area contributed by atoms with E-state index in [-0.39, 0.29) is 30.9 Å². The topological polar surface area (TPSA) is 97.3 Å². The Hall–Kier alpha value is -4.02. The molecule has 8 nitrogen and oxygen atoms in total. The number of hydrogen-bond donors (Lipinski definition) is 2. The van der Waals surface area contributed by atoms with E-state index in [0.29, 0.717) is 22.4 Å². The maximum absolute atomic E-state index is 13.8. The first-order valence-corrected chi connectivity index (χ1v) is 11.3. The molecule has 3 aromatic rings. The lowest BCUT2D eigenvalue weighted by molar-refractivity contribution is -0.137. The zero-order valence-electron chi connectivity index (χ0n) is 22.7. The minimum absolute atomic E-state index is 0.0850. The van der Waals surface area contributed by atoms with E-state index < -0.39 is 42.6 Å². The smallest absolute Gasteiger partial charge is 0.268 e. The van der Waals surface area contributed by atoms with Gasteiger partial charge >= 0.3 is 0 Å². The number of aliphatic hydroxyl groups excluding tert-OH is 1. The molecule has 1 saturated heterocycles. The first kappa shape index (κ1) is 22.2. The summed E-state index contributed by atoms with van der Waals surface area (Å²) >= 11 is 0. The second-order valence-corrected chi connectivity index (χ2v) is 8.35. The number of methoxy groups -OCH3 is 1. The van der Waals surface area contributed by atoms with Crippen LogP contribution in [0.25, 0.3) is 11.1 Å². The van der Waals surface area contributed by atoms with Crippen molar-refractivity contribution in [2.24, 2.45) is 0 Å². The fourth-order valence-corrected chi connectivity index (χ4v) is 4.21. The average molecular weight is 516 g/mol. The van der Waals surface area contributed by atoms with Crippen molar-refractivity contribution in [3.8, 4) is 22.6 Å². The van der Waals surface area contributed by atoms with Crippen molar-refractivity contribution in [2.45, 2.75) is 25.2 Å². The van der Waals surface area contributed by atoms with Crippen LogP contribution in [0.15, 0.2) is 60.7 Å². The molecular weight excluding hydrogens is 486 g/mol. The molecule has 37 heavy (non-hydrogen) atoms. The number of halogens is 2. The van der Waals surface area contributed by atoms with Gasteiger partial charge in [-0.05, 0) is 47.9 Å². The number of carbonyl (C=O) groups excluding carboxylic acids is 2. The summed E-state index contributed by atoms with van der Waals surface area (Å²) in [4.78, 5) is 31.1. The van der Waals surface area contributed by atoms with Gasteiger partial charge in [-0.1, -0.05) is 24.3 Å². The first-order valence-electron chi connectivity index (χ1n) is 12.8. The monoisotopic (exact) mass is 515 g/mol. The van der Waals surface area contributed by atoms with Crippen molar-refractivity contribution in [2.75, 3.05) is 20.7 Å². The van der Waals surface area contributed by atoms with Crippen molar-refractivity contribution in [3.05, 3.63) is 83.4 Å². The number of hydroxylamine groups is 1. The fourth-order valence-electron chi connectivity index (χ4n) is 4.21. The number of nitrogens with one attached hydrogen (secondary N) is 1. The first-order chi connectivity index (χ1) is 19.0. The lowest BCUT2D eigenvalue weighted by Gasteiger charge is -2.25. The molecule has 0 aliphatic carbocycles. The maximum atomic E-state index is 13.8. The van der Waals surface area contributed by atoms with Gasteiger partial charge in [-0.25, -0.2) is 14.3 Å². The number of nitrogens with zero attached hydrogens (tertiary/aromatic N) is 1. The van der Waals surface area contributed by atoms with E-state index in [2.05, 4.69) is 4.84 Å². The molecule has 0 saturated carbocycles. The predicted octanol–water partition coefficient (Wildman–Crippen LogP) is 3.47. The van der Waals surface area contributed by atoms with Gasteiger partial charge in [-0.15, -0.1) is 0 Å². The average Bonchev–Trinajstić information content (AvgIpc) is 3.32. The number of likely N-dealkylation sites (tertiary alicyclic amines) is 1. The summed E-state index contributed by atoms with van der Waals surface area (Å²) in [6.45, 7) is 0.176. The fraction of sp³-hybridized carbons (Fsp3) is 0.259. The minimum Gasteiger partial charge on any atom is -0.496 e. The van der Waals surface area contributed by atoms with Crippen molar-refractivity contribution in [1.29, 1.82) is 0 Å². The Labute approximate surface area is 216 Å². The zero-order chi connectivity index (χ0) is 29.0. The molecule has 0 spiro atoms. The highest BCUT2D eigenvalue weighted by Gasteiger charge is 2.41. The van der Waals surface area contributed by atoms with Crippen molar-refractivity contribution < 1.29 is 41.9 Å². The molecule has 0 aromatic heterocycles. The van der Waals surface area contributed by atoms with E-state index in [1.165, 1.54) is 7.11 Å². The lowest BCUT2D eigenvalue weighted by atomic mass is 10.0. The molecule has 2 N–H and O–H groups in total. The standard InChI is InChI=1S/C27H26F2N2O6/c1-35-24-14-22(29)21(28)13-20(24)17-6-8-19(9-7-17)37-15-16-4-3-5-18(12-16)27(34)31-11-10-23(32)25(31)26(33)30-36-2/h3-9,12-14,23,25,32H,10-11,15H2,1-2H3,(H,30,33)/t23-,25-/m0/s1/i2D3. The molecule has 0 unspecified atom stereocenters. The van der Waals surface area contributed by atoms with Gasteiger partial charge in [0, 0.05) is 23.7 Å². The zero-order valence-corrected chi connectivity index (χ0v) is 19.7. The van der Waals surface area contributed by atoms with Gasteiger partial charge in [0.05, 0.1) is 24.4 Å². The van der Waals surface area contributed by atoms with Gasteiger partial charge in [0.25, 0.3) is 11.8 Å². The van der Waals surface area contributed by atoms with E-state index in [9.17, 15) is 23.5 Å². The van der Waals surface area contributed by atoms with E-state index in [0.717, 1.165) is 17.0 Å². The molecule has 1 fully saturated rings. The molecule has 4 rings (SSSR count). The third kappa shape index (κ3) is 5.71. The van der Waals surface area contributed by atoms with Crippen LogP contribution in [-0.4, -0.2) is 54.7 Å². The number of ether oxygens (including phenoxy) is 2. The highest BCUT2D eigenvalue weighted by Crippen LogP contribution is 2.33. The largest absolute Gasteiger partial charge is 0.496 e. The van der Waals surface area contributed by atoms with E-state index in [1.807, 2.05) is 0 Å². The van der Waals surface area contributed by atoms with Crippen LogP contribution in [0.4, 0.5) is 8.78 Å². The van der Waals surface area contributed by atoms with Crippen molar-refractivity contribution in [3.63, 3.8) is 0 Å². The SMILES string of the molecule is [2H]C([2H])([2H])ONC(=O)[C@@H]1[C@@H](O)CCN1C(=O)c1cccc(COc2ccc(-c3cc(F)c(F)cc3OC)cc2)c1. The van der Waals surface area contributed by atoms with E-state index >= 15 is 0 Å². The number of rotatable bonds is 8. The van der Waals surface area contributed by atoms with Crippen LogP contribution in [0, 0.1) is 11.6 Å². The minimum atomic E-state index is -2.88. The number of hydrogen-bond acceptors (Lipinski definition) is 6. The summed E-state index contributed by atoms with van der Waals surface area (Å²) in [6.07, 6.45) is -1.06. The molecular formula is C27H26F2N2O6. The summed E-state index contributed by atoms with van der Waals surface area (Å²) in [6, 6.07) is 13.9.